The highest BCUT2D eigenvalue weighted by atomic mass is 35.5. The maximum absolute atomic E-state index is 12.1. The third kappa shape index (κ3) is 2.59. The number of hydrogen-bond donors (Lipinski definition) is 1. The highest BCUT2D eigenvalue weighted by molar-refractivity contribution is 6.34. The van der Waals surface area contributed by atoms with Gasteiger partial charge in [0, 0.05) is 0 Å². The average molecular weight is 281 g/mol. The van der Waals surface area contributed by atoms with Crippen molar-refractivity contribution in [1.82, 2.24) is 5.32 Å². The average Bonchev–Trinajstić information content (AvgIpc) is 2.32. The molecule has 4 nitrogen and oxygen atoms in total. The Morgan fingerprint density at radius 3 is 2.63 bits per heavy atom. The maximum atomic E-state index is 12.1. The Bertz CT molecular complexity index is 528. The third-order valence-corrected chi connectivity index (χ3v) is 3.53. The molecule has 1 saturated heterocycles. The number of anilines is 1. The van der Waals surface area contributed by atoms with E-state index in [-0.39, 0.29) is 24.3 Å². The van der Waals surface area contributed by atoms with Gasteiger partial charge in [0.1, 0.15) is 6.04 Å². The number of amides is 2. The van der Waals surface area contributed by atoms with Gasteiger partial charge in [0.2, 0.25) is 11.8 Å². The molecule has 1 atom stereocenters. The fourth-order valence-corrected chi connectivity index (χ4v) is 2.64. The highest BCUT2D eigenvalue weighted by Gasteiger charge is 2.38. The first-order valence-electron chi connectivity index (χ1n) is 6.27. The van der Waals surface area contributed by atoms with Crippen LogP contribution in [0.2, 0.25) is 5.02 Å². The zero-order valence-corrected chi connectivity index (χ0v) is 12.0. The molecule has 5 heteroatoms. The summed E-state index contributed by atoms with van der Waals surface area (Å²) < 4.78 is 0. The fourth-order valence-electron chi connectivity index (χ4n) is 2.32. The van der Waals surface area contributed by atoms with Gasteiger partial charge >= 0.3 is 0 Å². The molecule has 0 radical (unpaired) electrons. The molecule has 1 aromatic carbocycles. The summed E-state index contributed by atoms with van der Waals surface area (Å²) in [6.45, 7) is 5.78. The van der Waals surface area contributed by atoms with Crippen LogP contribution in [-0.2, 0) is 9.59 Å². The normalized spacial score (nSPS) is 19.8. The van der Waals surface area contributed by atoms with Crippen molar-refractivity contribution in [2.24, 2.45) is 5.92 Å². The van der Waals surface area contributed by atoms with Gasteiger partial charge in [0.05, 0.1) is 17.3 Å². The second kappa shape index (κ2) is 5.21. The number of nitrogens with one attached hydrogen (secondary N) is 1. The number of halogens is 1. The lowest BCUT2D eigenvalue weighted by Gasteiger charge is -2.37. The van der Waals surface area contributed by atoms with Crippen LogP contribution in [0.15, 0.2) is 18.2 Å². The van der Waals surface area contributed by atoms with Crippen LogP contribution in [0.3, 0.4) is 0 Å². The number of nitrogens with zero attached hydrogens (tertiary/aromatic N) is 1. The molecule has 2 rings (SSSR count). The van der Waals surface area contributed by atoms with Gasteiger partial charge in [0.15, 0.2) is 0 Å². The Labute approximate surface area is 117 Å². The van der Waals surface area contributed by atoms with Crippen LogP contribution in [-0.4, -0.2) is 24.4 Å². The zero-order chi connectivity index (χ0) is 14.2. The summed E-state index contributed by atoms with van der Waals surface area (Å²) in [5, 5.41) is 3.11. The van der Waals surface area contributed by atoms with E-state index in [0.29, 0.717) is 10.7 Å². The third-order valence-electron chi connectivity index (χ3n) is 3.22. The summed E-state index contributed by atoms with van der Waals surface area (Å²) in [6, 6.07) is 4.97. The van der Waals surface area contributed by atoms with Crippen molar-refractivity contribution >= 4 is 29.1 Å². The van der Waals surface area contributed by atoms with Crippen LogP contribution in [0.4, 0.5) is 5.69 Å². The minimum atomic E-state index is -0.513. The lowest BCUT2D eigenvalue weighted by molar-refractivity contribution is -0.131. The first-order valence-corrected chi connectivity index (χ1v) is 6.65. The molecule has 1 aliphatic rings. The number of piperazine rings is 1. The summed E-state index contributed by atoms with van der Waals surface area (Å²) in [4.78, 5) is 25.7. The monoisotopic (exact) mass is 280 g/mol. The second-order valence-electron chi connectivity index (χ2n) is 5.13. The molecular weight excluding hydrogens is 264 g/mol. The first-order chi connectivity index (χ1) is 8.91. The number of aryl methyl sites for hydroxylation is 1. The van der Waals surface area contributed by atoms with Crippen molar-refractivity contribution < 1.29 is 9.59 Å². The molecule has 1 fully saturated rings. The van der Waals surface area contributed by atoms with Gasteiger partial charge in [-0.1, -0.05) is 31.5 Å². The molecule has 2 amide bonds. The Hall–Kier alpha value is -1.55. The van der Waals surface area contributed by atoms with Gasteiger partial charge in [-0.05, 0) is 30.5 Å². The minimum Gasteiger partial charge on any atom is -0.345 e. The summed E-state index contributed by atoms with van der Waals surface area (Å²) >= 11 is 6.22. The molecule has 19 heavy (non-hydrogen) atoms. The Kier molecular flexibility index (Phi) is 3.80. The molecule has 0 spiro atoms. The standard InChI is InChI=1S/C14H17ClN2O2/c1-8(2)13-14(19)16-7-12(18)17(13)11-5-4-9(3)6-10(11)15/h4-6,8,13H,7H2,1-3H3,(H,16,19). The van der Waals surface area contributed by atoms with Gasteiger partial charge < -0.3 is 5.32 Å². The quantitative estimate of drug-likeness (QED) is 0.902. The molecule has 0 aromatic heterocycles. The van der Waals surface area contributed by atoms with E-state index in [2.05, 4.69) is 5.32 Å². The van der Waals surface area contributed by atoms with E-state index in [1.54, 1.807) is 12.1 Å². The number of carbonyl (C=O) groups is 2. The molecule has 1 heterocycles. The Morgan fingerprint density at radius 1 is 1.37 bits per heavy atom. The van der Waals surface area contributed by atoms with Gasteiger partial charge in [-0.3, -0.25) is 14.5 Å². The molecule has 102 valence electrons. The lowest BCUT2D eigenvalue weighted by Crippen LogP contribution is -2.60. The van der Waals surface area contributed by atoms with Crippen molar-refractivity contribution in [2.45, 2.75) is 26.8 Å². The van der Waals surface area contributed by atoms with Gasteiger partial charge in [0.25, 0.3) is 0 Å². The van der Waals surface area contributed by atoms with Crippen LogP contribution in [0.25, 0.3) is 0 Å². The number of hydrogen-bond acceptors (Lipinski definition) is 2. The van der Waals surface area contributed by atoms with Gasteiger partial charge in [-0.15, -0.1) is 0 Å². The topological polar surface area (TPSA) is 49.4 Å². The molecule has 1 unspecified atom stereocenters. The van der Waals surface area contributed by atoms with E-state index >= 15 is 0 Å². The van der Waals surface area contributed by atoms with E-state index < -0.39 is 6.04 Å². The predicted octanol–water partition coefficient (Wildman–Crippen LogP) is 2.14. The maximum Gasteiger partial charge on any atom is 0.247 e. The molecule has 0 aliphatic carbocycles. The van der Waals surface area contributed by atoms with Gasteiger partial charge in [-0.25, -0.2) is 0 Å². The van der Waals surface area contributed by atoms with Crippen LogP contribution in [0, 0.1) is 12.8 Å². The summed E-state index contributed by atoms with van der Waals surface area (Å²) in [7, 11) is 0. The van der Waals surface area contributed by atoms with Crippen LogP contribution in [0.5, 0.6) is 0 Å². The van der Waals surface area contributed by atoms with Crippen molar-refractivity contribution in [1.29, 1.82) is 0 Å². The van der Waals surface area contributed by atoms with Gasteiger partial charge in [-0.2, -0.15) is 0 Å². The number of benzene rings is 1. The van der Waals surface area contributed by atoms with Crippen LogP contribution < -0.4 is 10.2 Å². The van der Waals surface area contributed by atoms with Crippen molar-refractivity contribution in [3.8, 4) is 0 Å². The number of rotatable bonds is 2. The van der Waals surface area contributed by atoms with E-state index in [4.69, 9.17) is 11.6 Å². The Morgan fingerprint density at radius 2 is 2.05 bits per heavy atom. The van der Waals surface area contributed by atoms with E-state index in [0.717, 1.165) is 5.56 Å². The largest absolute Gasteiger partial charge is 0.345 e. The molecule has 1 aliphatic heterocycles. The summed E-state index contributed by atoms with van der Waals surface area (Å²) in [6.07, 6.45) is 0. The van der Waals surface area contributed by atoms with Crippen molar-refractivity contribution in [2.75, 3.05) is 11.4 Å². The number of carbonyl (C=O) groups excluding carboxylic acids is 2. The fraction of sp³-hybridized carbons (Fsp3) is 0.429. The SMILES string of the molecule is Cc1ccc(N2C(=O)CNC(=O)C2C(C)C)c(Cl)c1. The molecule has 0 saturated carbocycles. The minimum absolute atomic E-state index is 0.0154. The second-order valence-corrected chi connectivity index (χ2v) is 5.53. The van der Waals surface area contributed by atoms with E-state index in [1.807, 2.05) is 26.8 Å². The molecule has 0 bridgehead atoms. The Balaban J connectivity index is 2.48. The molecule has 1 N–H and O–H groups in total. The summed E-state index contributed by atoms with van der Waals surface area (Å²) in [5.74, 6) is -0.253. The first kappa shape index (κ1) is 13.9. The highest BCUT2D eigenvalue weighted by Crippen LogP contribution is 2.31. The molecule has 1 aromatic rings. The predicted molar refractivity (Wildman–Crippen MR) is 75.3 cm³/mol. The van der Waals surface area contributed by atoms with Crippen molar-refractivity contribution in [3.63, 3.8) is 0 Å². The van der Waals surface area contributed by atoms with Crippen molar-refractivity contribution in [3.05, 3.63) is 28.8 Å². The van der Waals surface area contributed by atoms with E-state index in [1.165, 1.54) is 4.90 Å². The van der Waals surface area contributed by atoms with E-state index in [9.17, 15) is 9.59 Å². The summed E-state index contributed by atoms with van der Waals surface area (Å²) in [5.41, 5.74) is 1.62. The van der Waals surface area contributed by atoms with Crippen LogP contribution >= 0.6 is 11.6 Å². The molecular formula is C14H17ClN2O2. The lowest BCUT2D eigenvalue weighted by atomic mass is 9.98. The smallest absolute Gasteiger partial charge is 0.247 e. The zero-order valence-electron chi connectivity index (χ0n) is 11.2. The van der Waals surface area contributed by atoms with Crippen LogP contribution in [0.1, 0.15) is 19.4 Å².